The quantitative estimate of drug-likeness (QED) is 0.801. The Labute approximate surface area is 163 Å². The van der Waals surface area contributed by atoms with Crippen molar-refractivity contribution in [1.82, 2.24) is 4.98 Å². The molecule has 0 saturated heterocycles. The molecule has 0 aliphatic carbocycles. The van der Waals surface area contributed by atoms with E-state index in [1.165, 1.54) is 0 Å². The van der Waals surface area contributed by atoms with Gasteiger partial charge in [-0.2, -0.15) is 0 Å². The molecular formula is C21H24N2O5. The number of esters is 2. The third kappa shape index (κ3) is 3.78. The van der Waals surface area contributed by atoms with Crippen molar-refractivity contribution in [1.29, 1.82) is 0 Å². The Kier molecular flexibility index (Phi) is 5.82. The first kappa shape index (κ1) is 19.7. The van der Waals surface area contributed by atoms with Crippen LogP contribution in [-0.4, -0.2) is 42.6 Å². The first-order valence-electron chi connectivity index (χ1n) is 9.35. The minimum Gasteiger partial charge on any atom is -0.461 e. The number of nitrogens with zero attached hydrogens (tertiary/aromatic N) is 1. The summed E-state index contributed by atoms with van der Waals surface area (Å²) in [5, 5.41) is 0. The van der Waals surface area contributed by atoms with Crippen molar-refractivity contribution in [2.24, 2.45) is 0 Å². The zero-order valence-electron chi connectivity index (χ0n) is 16.3. The molecule has 7 heteroatoms. The lowest BCUT2D eigenvalue weighted by Crippen LogP contribution is -2.38. The van der Waals surface area contributed by atoms with Crippen molar-refractivity contribution < 1.29 is 23.9 Å². The zero-order valence-corrected chi connectivity index (χ0v) is 16.3. The van der Waals surface area contributed by atoms with Crippen LogP contribution < -0.4 is 4.90 Å². The van der Waals surface area contributed by atoms with Crippen LogP contribution in [0.5, 0.6) is 0 Å². The van der Waals surface area contributed by atoms with Crippen molar-refractivity contribution >= 4 is 23.5 Å². The van der Waals surface area contributed by atoms with Gasteiger partial charge in [0.15, 0.2) is 6.61 Å². The number of hydrogen-bond acceptors (Lipinski definition) is 5. The van der Waals surface area contributed by atoms with Crippen LogP contribution in [-0.2, 0) is 20.7 Å². The summed E-state index contributed by atoms with van der Waals surface area (Å²) in [7, 11) is 0. The highest BCUT2D eigenvalue weighted by atomic mass is 16.5. The fraction of sp³-hybridized carbons (Fsp3) is 0.381. The summed E-state index contributed by atoms with van der Waals surface area (Å²) >= 11 is 0. The smallest absolute Gasteiger partial charge is 0.355 e. The van der Waals surface area contributed by atoms with E-state index in [0.717, 1.165) is 24.1 Å². The molecule has 1 amide bonds. The number of amides is 1. The first-order chi connectivity index (χ1) is 13.4. The van der Waals surface area contributed by atoms with Crippen LogP contribution >= 0.6 is 0 Å². The Morgan fingerprint density at radius 2 is 1.86 bits per heavy atom. The maximum Gasteiger partial charge on any atom is 0.355 e. The number of aromatic nitrogens is 1. The number of nitrogens with one attached hydrogen (secondary N) is 1. The van der Waals surface area contributed by atoms with E-state index in [1.54, 1.807) is 25.7 Å². The molecule has 1 aliphatic rings. The molecule has 0 saturated carbocycles. The van der Waals surface area contributed by atoms with Crippen LogP contribution in [0.2, 0.25) is 0 Å². The van der Waals surface area contributed by atoms with Crippen LogP contribution in [0.3, 0.4) is 0 Å². The standard InChI is InChI=1S/C21H24N2O5/c1-4-27-21(26)19-13(2)18(14(3)22-19)20(25)28-12-17(24)23-11-7-9-15-8-5-6-10-16(15)23/h5-6,8,10,22H,4,7,9,11-12H2,1-3H3. The van der Waals surface area contributed by atoms with Gasteiger partial charge in [-0.3, -0.25) is 4.79 Å². The molecule has 1 N–H and O–H groups in total. The van der Waals surface area contributed by atoms with E-state index in [2.05, 4.69) is 4.98 Å². The van der Waals surface area contributed by atoms with Gasteiger partial charge < -0.3 is 19.4 Å². The van der Waals surface area contributed by atoms with Gasteiger partial charge in [-0.1, -0.05) is 18.2 Å². The fourth-order valence-corrected chi connectivity index (χ4v) is 3.53. The van der Waals surface area contributed by atoms with Crippen molar-refractivity contribution in [2.45, 2.75) is 33.6 Å². The molecule has 0 spiro atoms. The van der Waals surface area contributed by atoms with Gasteiger partial charge in [0.1, 0.15) is 5.69 Å². The molecule has 28 heavy (non-hydrogen) atoms. The van der Waals surface area contributed by atoms with Crippen molar-refractivity contribution in [2.75, 3.05) is 24.7 Å². The highest BCUT2D eigenvalue weighted by Gasteiger charge is 2.26. The van der Waals surface area contributed by atoms with Gasteiger partial charge in [-0.25, -0.2) is 9.59 Å². The van der Waals surface area contributed by atoms with Crippen LogP contribution in [0, 0.1) is 13.8 Å². The minimum atomic E-state index is -0.638. The van der Waals surface area contributed by atoms with Crippen LogP contribution in [0.15, 0.2) is 24.3 Å². The van der Waals surface area contributed by atoms with E-state index in [4.69, 9.17) is 9.47 Å². The highest BCUT2D eigenvalue weighted by molar-refractivity contribution is 6.01. The molecule has 0 fully saturated rings. The van der Waals surface area contributed by atoms with Crippen LogP contribution in [0.1, 0.15) is 51.0 Å². The van der Waals surface area contributed by atoms with Gasteiger partial charge in [-0.15, -0.1) is 0 Å². The van der Waals surface area contributed by atoms with E-state index in [0.29, 0.717) is 17.8 Å². The summed E-state index contributed by atoms with van der Waals surface area (Å²) in [4.78, 5) is 41.7. The summed E-state index contributed by atoms with van der Waals surface area (Å²) in [5.41, 5.74) is 3.42. The zero-order chi connectivity index (χ0) is 20.3. The molecule has 0 bridgehead atoms. The van der Waals surface area contributed by atoms with Crippen molar-refractivity contribution in [3.63, 3.8) is 0 Å². The topological polar surface area (TPSA) is 88.7 Å². The van der Waals surface area contributed by atoms with Gasteiger partial charge in [0.05, 0.1) is 12.2 Å². The maximum atomic E-state index is 12.6. The van der Waals surface area contributed by atoms with Gasteiger partial charge in [0.25, 0.3) is 5.91 Å². The number of anilines is 1. The fourth-order valence-electron chi connectivity index (χ4n) is 3.53. The second-order valence-corrected chi connectivity index (χ2v) is 6.70. The number of aryl methyl sites for hydroxylation is 2. The largest absolute Gasteiger partial charge is 0.461 e. The van der Waals surface area contributed by atoms with Gasteiger partial charge in [0.2, 0.25) is 0 Å². The average Bonchev–Trinajstić information content (AvgIpc) is 3.00. The van der Waals surface area contributed by atoms with Gasteiger partial charge in [0, 0.05) is 17.9 Å². The summed E-state index contributed by atoms with van der Waals surface area (Å²) in [6, 6.07) is 7.75. The van der Waals surface area contributed by atoms with E-state index < -0.39 is 11.9 Å². The first-order valence-corrected chi connectivity index (χ1v) is 9.35. The number of aromatic amines is 1. The highest BCUT2D eigenvalue weighted by Crippen LogP contribution is 2.27. The molecule has 3 rings (SSSR count). The molecule has 148 valence electrons. The molecule has 0 atom stereocenters. The Morgan fingerprint density at radius 3 is 2.61 bits per heavy atom. The van der Waals surface area contributed by atoms with Crippen molar-refractivity contribution in [3.8, 4) is 0 Å². The van der Waals surface area contributed by atoms with E-state index in [1.807, 2.05) is 24.3 Å². The second-order valence-electron chi connectivity index (χ2n) is 6.70. The Morgan fingerprint density at radius 1 is 1.11 bits per heavy atom. The molecule has 1 aromatic carbocycles. The molecule has 1 aromatic heterocycles. The maximum absolute atomic E-state index is 12.6. The Hall–Kier alpha value is -3.09. The molecule has 2 aromatic rings. The Balaban J connectivity index is 1.70. The molecule has 0 unspecified atom stereocenters. The van der Waals surface area contributed by atoms with Crippen LogP contribution in [0.4, 0.5) is 5.69 Å². The minimum absolute atomic E-state index is 0.225. The van der Waals surface area contributed by atoms with Gasteiger partial charge in [-0.05, 0) is 50.8 Å². The molecule has 2 heterocycles. The third-order valence-corrected chi connectivity index (χ3v) is 4.86. The number of H-pyrrole nitrogens is 1. The number of carbonyl (C=O) groups excluding carboxylic acids is 3. The number of carbonyl (C=O) groups is 3. The monoisotopic (exact) mass is 384 g/mol. The van der Waals surface area contributed by atoms with E-state index >= 15 is 0 Å². The lowest BCUT2D eigenvalue weighted by molar-refractivity contribution is -0.121. The number of para-hydroxylation sites is 1. The molecular weight excluding hydrogens is 360 g/mol. The second kappa shape index (κ2) is 8.29. The molecule has 1 aliphatic heterocycles. The number of hydrogen-bond donors (Lipinski definition) is 1. The Bertz CT molecular complexity index is 916. The number of ether oxygens (including phenoxy) is 2. The third-order valence-electron chi connectivity index (χ3n) is 4.86. The van der Waals surface area contributed by atoms with E-state index in [-0.39, 0.29) is 30.4 Å². The number of fused-ring (bicyclic) bond motifs is 1. The average molecular weight is 384 g/mol. The SMILES string of the molecule is CCOC(=O)c1[nH]c(C)c(C(=O)OCC(=O)N2CCCc3ccccc32)c1C. The predicted octanol–water partition coefficient (Wildman–Crippen LogP) is 2.94. The van der Waals surface area contributed by atoms with Gasteiger partial charge >= 0.3 is 11.9 Å². The molecule has 7 nitrogen and oxygen atoms in total. The lowest BCUT2D eigenvalue weighted by atomic mass is 10.0. The summed E-state index contributed by atoms with van der Waals surface area (Å²) in [6.45, 7) is 5.52. The summed E-state index contributed by atoms with van der Waals surface area (Å²) in [5.74, 6) is -1.43. The normalized spacial score (nSPS) is 13.0. The number of rotatable bonds is 5. The number of benzene rings is 1. The predicted molar refractivity (Wildman–Crippen MR) is 104 cm³/mol. The lowest BCUT2D eigenvalue weighted by Gasteiger charge is -2.29. The van der Waals surface area contributed by atoms with Crippen molar-refractivity contribution in [3.05, 3.63) is 52.3 Å². The van der Waals surface area contributed by atoms with E-state index in [9.17, 15) is 14.4 Å². The summed E-state index contributed by atoms with van der Waals surface area (Å²) in [6.07, 6.45) is 1.80. The van der Waals surface area contributed by atoms with Crippen LogP contribution in [0.25, 0.3) is 0 Å². The summed E-state index contributed by atoms with van der Waals surface area (Å²) < 4.78 is 10.3. The molecule has 0 radical (unpaired) electrons.